The van der Waals surface area contributed by atoms with Crippen LogP contribution in [0.5, 0.6) is 0 Å². The summed E-state index contributed by atoms with van der Waals surface area (Å²) in [6.07, 6.45) is 0. The van der Waals surface area contributed by atoms with Crippen molar-refractivity contribution in [1.29, 1.82) is 0 Å². The van der Waals surface area contributed by atoms with Crippen LogP contribution in [-0.4, -0.2) is 18.4 Å². The van der Waals surface area contributed by atoms with Crippen LogP contribution in [0.2, 0.25) is 0 Å². The first-order valence-electron chi connectivity index (χ1n) is 6.20. The van der Waals surface area contributed by atoms with Crippen LogP contribution in [0.3, 0.4) is 0 Å². The molecule has 0 aliphatic carbocycles. The zero-order valence-electron chi connectivity index (χ0n) is 11.6. The maximum atomic E-state index is 8.83. The van der Waals surface area contributed by atoms with Crippen molar-refractivity contribution in [3.05, 3.63) is 64.6 Å². The molecule has 0 radical (unpaired) electrons. The van der Waals surface area contributed by atoms with Gasteiger partial charge in [0, 0.05) is 5.56 Å². The number of rotatable bonds is 2. The molecule has 0 spiro atoms. The summed E-state index contributed by atoms with van der Waals surface area (Å²) >= 11 is 3.06. The molecule has 3 rings (SSSR count). The number of hydrogen-bond donors (Lipinski definition) is 3. The maximum Gasteiger partial charge on any atom is 0.191 e. The van der Waals surface area contributed by atoms with Gasteiger partial charge in [-0.05, 0) is 23.7 Å². The molecule has 0 saturated heterocycles. The minimum Gasteiger partial charge on any atom is -0.226 e. The van der Waals surface area contributed by atoms with Crippen LogP contribution in [0.25, 0.3) is 10.6 Å². The zero-order valence-corrected chi connectivity index (χ0v) is 14.0. The van der Waals surface area contributed by atoms with E-state index in [1.165, 1.54) is 11.5 Å². The third-order valence-corrected chi connectivity index (χ3v) is 4.28. The molecular weight excluding hydrogens is 360 g/mol. The van der Waals surface area contributed by atoms with Gasteiger partial charge in [0.15, 0.2) is 3.98 Å². The SMILES string of the molecule is [O-][Cl+](O)(O)O.c1ccc(N=c2snc(-c3ccccc3)s2)cc1. The van der Waals surface area contributed by atoms with E-state index in [1.807, 2.05) is 48.5 Å². The van der Waals surface area contributed by atoms with Crippen molar-refractivity contribution in [2.75, 3.05) is 0 Å². The van der Waals surface area contributed by atoms with Crippen LogP contribution in [0.1, 0.15) is 0 Å². The normalized spacial score (nSPS) is 12.4. The summed E-state index contributed by atoms with van der Waals surface area (Å²) in [7, 11) is -4.19. The first-order chi connectivity index (χ1) is 10.9. The van der Waals surface area contributed by atoms with Crippen molar-refractivity contribution >= 4 is 28.6 Å². The van der Waals surface area contributed by atoms with E-state index in [1.54, 1.807) is 11.3 Å². The summed E-state index contributed by atoms with van der Waals surface area (Å²) in [6, 6.07) is 20.1. The molecule has 9 heteroatoms. The molecule has 0 aliphatic heterocycles. The summed E-state index contributed by atoms with van der Waals surface area (Å²) in [5.41, 5.74) is 2.12. The van der Waals surface area contributed by atoms with Gasteiger partial charge < -0.3 is 0 Å². The number of benzene rings is 2. The van der Waals surface area contributed by atoms with Crippen molar-refractivity contribution in [1.82, 2.24) is 4.37 Å². The van der Waals surface area contributed by atoms with Crippen molar-refractivity contribution in [3.63, 3.8) is 0 Å². The number of aromatic nitrogens is 1. The molecule has 1 aromatic heterocycles. The van der Waals surface area contributed by atoms with Crippen LogP contribution in [0, 0.1) is 10.2 Å². The third-order valence-electron chi connectivity index (χ3n) is 2.39. The van der Waals surface area contributed by atoms with Gasteiger partial charge in [-0.15, -0.1) is 0 Å². The summed E-state index contributed by atoms with van der Waals surface area (Å²) in [5.74, 6) is 0. The Morgan fingerprint density at radius 3 is 2.00 bits per heavy atom. The molecule has 0 amide bonds. The summed E-state index contributed by atoms with van der Waals surface area (Å²) in [6.45, 7) is 0. The monoisotopic (exact) mass is 372 g/mol. The predicted octanol–water partition coefficient (Wildman–Crippen LogP) is 1.24. The Morgan fingerprint density at radius 2 is 1.43 bits per heavy atom. The van der Waals surface area contributed by atoms with Gasteiger partial charge >= 0.3 is 28.9 Å². The molecule has 6 nitrogen and oxygen atoms in total. The average molecular weight is 373 g/mol. The van der Waals surface area contributed by atoms with Crippen molar-refractivity contribution in [3.8, 4) is 10.6 Å². The third kappa shape index (κ3) is 6.97. The van der Waals surface area contributed by atoms with Gasteiger partial charge in [0.05, 0.1) is 5.69 Å². The predicted molar refractivity (Wildman–Crippen MR) is 83.7 cm³/mol. The van der Waals surface area contributed by atoms with Crippen LogP contribution in [0.4, 0.5) is 5.69 Å². The molecule has 2 aromatic carbocycles. The second-order valence-corrected chi connectivity index (χ2v) is 6.96. The average Bonchev–Trinajstić information content (AvgIpc) is 2.96. The fraction of sp³-hybridized carbons (Fsp3) is 0. The Hall–Kier alpha value is -1.65. The fourth-order valence-electron chi connectivity index (χ4n) is 1.54. The quantitative estimate of drug-likeness (QED) is 0.627. The summed E-state index contributed by atoms with van der Waals surface area (Å²) < 4.78 is 35.6. The second-order valence-electron chi connectivity index (χ2n) is 4.10. The standard InChI is InChI=1S/C14H10N2S2.ClH3O4/c1-3-7-11(8-4-1)13-16-18-14(17-13)15-12-9-5-2-6-10-12;2-1(3,4)5/h1-10H;2-4H. The first-order valence-corrected chi connectivity index (χ1v) is 9.11. The minimum absolute atomic E-state index is 0.969. The topological polar surface area (TPSA) is 109 Å². The van der Waals surface area contributed by atoms with Crippen molar-refractivity contribution in [2.45, 2.75) is 0 Å². The van der Waals surface area contributed by atoms with Gasteiger partial charge in [-0.2, -0.15) is 4.37 Å². The van der Waals surface area contributed by atoms with Gasteiger partial charge in [-0.1, -0.05) is 59.9 Å². The van der Waals surface area contributed by atoms with Gasteiger partial charge in [-0.3, -0.25) is 0 Å². The number of para-hydroxylation sites is 1. The zero-order chi connectivity index (χ0) is 16.7. The van der Waals surface area contributed by atoms with E-state index in [0.717, 1.165) is 20.2 Å². The number of hydrogen-bond acceptors (Lipinski definition) is 8. The molecule has 3 aromatic rings. The Bertz CT molecular complexity index is 780. The van der Waals surface area contributed by atoms with E-state index in [2.05, 4.69) is 21.5 Å². The molecule has 0 atom stereocenters. The van der Waals surface area contributed by atoms with E-state index >= 15 is 0 Å². The Kier molecular flexibility index (Phi) is 6.37. The first kappa shape index (κ1) is 17.7. The largest absolute Gasteiger partial charge is 0.226 e. The molecule has 1 heterocycles. The molecule has 3 N–H and O–H groups in total. The fourth-order valence-corrected chi connectivity index (χ4v) is 3.29. The van der Waals surface area contributed by atoms with Gasteiger partial charge in [0.25, 0.3) is 0 Å². The molecule has 0 bridgehead atoms. The molecule has 0 saturated carbocycles. The Balaban J connectivity index is 0.000000338. The van der Waals surface area contributed by atoms with Gasteiger partial charge in [0.1, 0.15) is 5.01 Å². The van der Waals surface area contributed by atoms with Crippen LogP contribution < -0.4 is 8.64 Å². The smallest absolute Gasteiger partial charge is 0.191 e. The van der Waals surface area contributed by atoms with E-state index < -0.39 is 10.2 Å². The molecule has 122 valence electrons. The molecule has 0 aliphatic rings. The second kappa shape index (κ2) is 8.27. The van der Waals surface area contributed by atoms with Crippen molar-refractivity contribution < 1.29 is 28.9 Å². The van der Waals surface area contributed by atoms with Crippen LogP contribution >= 0.6 is 22.9 Å². The molecule has 0 fully saturated rings. The van der Waals surface area contributed by atoms with Crippen LogP contribution in [-0.2, 0) is 0 Å². The minimum atomic E-state index is -4.19. The molecule has 0 unspecified atom stereocenters. The van der Waals surface area contributed by atoms with Crippen molar-refractivity contribution in [2.24, 2.45) is 4.99 Å². The van der Waals surface area contributed by atoms with Crippen LogP contribution in [0.15, 0.2) is 65.7 Å². The maximum absolute atomic E-state index is 8.83. The summed E-state index contributed by atoms with van der Waals surface area (Å²) in [4.78, 5) is 4.56. The van der Waals surface area contributed by atoms with Gasteiger partial charge in [0.2, 0.25) is 0 Å². The molecular formula is C14H13ClN2O4S2. The number of nitrogens with zero attached hydrogens (tertiary/aromatic N) is 2. The van der Waals surface area contributed by atoms with E-state index in [-0.39, 0.29) is 0 Å². The number of halogens is 1. The Morgan fingerprint density at radius 1 is 0.913 bits per heavy atom. The van der Waals surface area contributed by atoms with E-state index in [9.17, 15) is 0 Å². The molecule has 23 heavy (non-hydrogen) atoms. The summed E-state index contributed by atoms with van der Waals surface area (Å²) in [5, 5.41) is 1.02. The van der Waals surface area contributed by atoms with E-state index in [4.69, 9.17) is 18.6 Å². The van der Waals surface area contributed by atoms with Gasteiger partial charge in [-0.25, -0.2) is 4.99 Å². The Labute approximate surface area is 142 Å². The van der Waals surface area contributed by atoms with E-state index in [0.29, 0.717) is 0 Å².